The zero-order valence-electron chi connectivity index (χ0n) is 19.7. The number of sulfonamides is 1. The van der Waals surface area contributed by atoms with E-state index in [1.54, 1.807) is 13.1 Å². The van der Waals surface area contributed by atoms with Crippen LogP contribution < -0.4 is 10.0 Å². The van der Waals surface area contributed by atoms with Crippen molar-refractivity contribution >= 4 is 44.1 Å². The van der Waals surface area contributed by atoms with E-state index in [0.29, 0.717) is 23.0 Å². The van der Waals surface area contributed by atoms with Crippen LogP contribution in [-0.2, 0) is 10.0 Å². The number of fused-ring (bicyclic) bond motifs is 1. The maximum Gasteiger partial charge on any atom is 0.261 e. The maximum absolute atomic E-state index is 15.0. The summed E-state index contributed by atoms with van der Waals surface area (Å²) >= 11 is 0. The van der Waals surface area contributed by atoms with Crippen molar-refractivity contribution in [1.29, 1.82) is 0 Å². The fraction of sp³-hybridized carbons (Fsp3) is 0.375. The quantitative estimate of drug-likeness (QED) is 0.368. The fourth-order valence-corrected chi connectivity index (χ4v) is 5.36. The highest BCUT2D eigenvalue weighted by molar-refractivity contribution is 7.92. The third-order valence-electron chi connectivity index (χ3n) is 5.96. The predicted octanol–water partition coefficient (Wildman–Crippen LogP) is 3.91. The summed E-state index contributed by atoms with van der Waals surface area (Å²) in [5.41, 5.74) is -0.513. The van der Waals surface area contributed by atoms with Gasteiger partial charge in [-0.2, -0.15) is 0 Å². The van der Waals surface area contributed by atoms with Crippen LogP contribution in [0.2, 0.25) is 0 Å². The molecule has 0 unspecified atom stereocenters. The molecule has 36 heavy (non-hydrogen) atoms. The second kappa shape index (κ2) is 10.7. The number of benzene rings is 1. The number of ketones is 1. The Hall–Kier alpha value is -3.38. The summed E-state index contributed by atoms with van der Waals surface area (Å²) in [6.07, 6.45) is 6.39. The normalized spacial score (nSPS) is 14.6. The lowest BCUT2D eigenvalue weighted by Gasteiger charge is -2.25. The third kappa shape index (κ3) is 5.71. The molecule has 0 atom stereocenters. The number of pyridine rings is 1. The van der Waals surface area contributed by atoms with Gasteiger partial charge in [-0.1, -0.05) is 13.3 Å². The van der Waals surface area contributed by atoms with E-state index in [9.17, 15) is 26.8 Å². The topological polar surface area (TPSA) is 124 Å². The van der Waals surface area contributed by atoms with Crippen LogP contribution in [0, 0.1) is 11.6 Å². The standard InChI is InChI=1S/C24H27F2N5O4S/c1-2-10-36(34,35)30-19-7-6-18(25)21(22(19)26)24(33)29-15-11-16-17(13-28-23(16)27-12-15)20(32)14-31-8-4-3-5-9-31/h6-7,11-13,30H,2-5,8-10,14H2,1H3,(H,27,28)(H,29,33). The van der Waals surface area contributed by atoms with Crippen molar-refractivity contribution < 1.29 is 26.8 Å². The first-order chi connectivity index (χ1) is 17.2. The van der Waals surface area contributed by atoms with Crippen LogP contribution in [0.15, 0.2) is 30.6 Å². The van der Waals surface area contributed by atoms with E-state index in [2.05, 4.69) is 20.2 Å². The van der Waals surface area contributed by atoms with E-state index in [-0.39, 0.29) is 23.8 Å². The number of hydrogen-bond donors (Lipinski definition) is 3. The van der Waals surface area contributed by atoms with E-state index in [1.165, 1.54) is 12.3 Å². The molecule has 0 radical (unpaired) electrons. The van der Waals surface area contributed by atoms with Gasteiger partial charge in [0.1, 0.15) is 17.0 Å². The number of carbonyl (C=O) groups excluding carboxylic acids is 2. The predicted molar refractivity (Wildman–Crippen MR) is 133 cm³/mol. The Balaban J connectivity index is 1.56. The molecule has 0 aliphatic carbocycles. The van der Waals surface area contributed by atoms with Crippen molar-refractivity contribution in [2.24, 2.45) is 0 Å². The van der Waals surface area contributed by atoms with Gasteiger partial charge < -0.3 is 10.3 Å². The molecule has 192 valence electrons. The van der Waals surface area contributed by atoms with Crippen molar-refractivity contribution in [3.63, 3.8) is 0 Å². The summed E-state index contributed by atoms with van der Waals surface area (Å²) in [4.78, 5) is 34.9. The van der Waals surface area contributed by atoms with Gasteiger partial charge in [-0.15, -0.1) is 0 Å². The molecule has 9 nitrogen and oxygen atoms in total. The first-order valence-corrected chi connectivity index (χ1v) is 13.4. The highest BCUT2D eigenvalue weighted by Gasteiger charge is 2.24. The molecule has 3 N–H and O–H groups in total. The number of halogens is 2. The molecule has 3 aromatic rings. The highest BCUT2D eigenvalue weighted by Crippen LogP contribution is 2.25. The maximum atomic E-state index is 15.0. The second-order valence-corrected chi connectivity index (χ2v) is 10.6. The van der Waals surface area contributed by atoms with Gasteiger partial charge in [0, 0.05) is 17.1 Å². The average Bonchev–Trinajstić information content (AvgIpc) is 3.25. The van der Waals surface area contributed by atoms with E-state index in [1.807, 2.05) is 4.72 Å². The SMILES string of the molecule is CCCS(=O)(=O)Nc1ccc(F)c(C(=O)Nc2cnc3[nH]cc(C(=O)CN4CCCCC4)c3c2)c1F. The number of likely N-dealkylation sites (tertiary alicyclic amines) is 1. The van der Waals surface area contributed by atoms with E-state index in [4.69, 9.17) is 0 Å². The first-order valence-electron chi connectivity index (χ1n) is 11.7. The van der Waals surface area contributed by atoms with Gasteiger partial charge in [0.15, 0.2) is 11.6 Å². The number of H-pyrrole nitrogens is 1. The molecule has 1 saturated heterocycles. The van der Waals surface area contributed by atoms with Gasteiger partial charge in [-0.05, 0) is 50.6 Å². The van der Waals surface area contributed by atoms with Crippen LogP contribution in [-0.4, -0.2) is 60.4 Å². The van der Waals surface area contributed by atoms with Crippen LogP contribution >= 0.6 is 0 Å². The van der Waals surface area contributed by atoms with Crippen molar-refractivity contribution in [1.82, 2.24) is 14.9 Å². The van der Waals surface area contributed by atoms with Crippen molar-refractivity contribution in [2.45, 2.75) is 32.6 Å². The Kier molecular flexibility index (Phi) is 7.65. The number of aromatic nitrogens is 2. The summed E-state index contributed by atoms with van der Waals surface area (Å²) in [6.45, 7) is 3.62. The van der Waals surface area contributed by atoms with E-state index in [0.717, 1.165) is 44.5 Å². The van der Waals surface area contributed by atoms with Gasteiger partial charge in [0.05, 0.1) is 29.9 Å². The van der Waals surface area contributed by atoms with Crippen molar-refractivity contribution in [3.05, 3.63) is 53.4 Å². The minimum Gasteiger partial charge on any atom is -0.345 e. The minimum absolute atomic E-state index is 0.0995. The molecule has 1 aliphatic rings. The third-order valence-corrected chi connectivity index (χ3v) is 7.44. The zero-order chi connectivity index (χ0) is 25.9. The number of carbonyl (C=O) groups is 2. The van der Waals surface area contributed by atoms with E-state index < -0.39 is 38.8 Å². The van der Waals surface area contributed by atoms with Gasteiger partial charge in [-0.25, -0.2) is 22.2 Å². The van der Waals surface area contributed by atoms with Crippen LogP contribution in [0.4, 0.5) is 20.2 Å². The molecule has 0 bridgehead atoms. The average molecular weight is 520 g/mol. The number of piperidine rings is 1. The number of nitrogens with one attached hydrogen (secondary N) is 3. The molecule has 2 aromatic heterocycles. The Morgan fingerprint density at radius 3 is 2.64 bits per heavy atom. The first kappa shape index (κ1) is 25.7. The Morgan fingerprint density at radius 2 is 1.92 bits per heavy atom. The number of nitrogens with zero attached hydrogens (tertiary/aromatic N) is 2. The van der Waals surface area contributed by atoms with Gasteiger partial charge in [-0.3, -0.25) is 19.2 Å². The Labute approximate surface area is 207 Å². The number of amides is 1. The van der Waals surface area contributed by atoms with Gasteiger partial charge in [0.2, 0.25) is 10.0 Å². The van der Waals surface area contributed by atoms with Gasteiger partial charge in [0.25, 0.3) is 5.91 Å². The Bertz CT molecular complexity index is 1400. The molecule has 1 fully saturated rings. The van der Waals surface area contributed by atoms with Gasteiger partial charge >= 0.3 is 0 Å². The highest BCUT2D eigenvalue weighted by atomic mass is 32.2. The summed E-state index contributed by atoms with van der Waals surface area (Å²) in [6, 6.07) is 3.23. The summed E-state index contributed by atoms with van der Waals surface area (Å²) < 4.78 is 55.4. The lowest BCUT2D eigenvalue weighted by Crippen LogP contribution is -2.34. The number of aromatic amines is 1. The summed E-state index contributed by atoms with van der Waals surface area (Å²) in [5, 5.41) is 2.86. The smallest absolute Gasteiger partial charge is 0.261 e. The van der Waals surface area contributed by atoms with E-state index >= 15 is 0 Å². The number of hydrogen-bond acceptors (Lipinski definition) is 6. The molecule has 12 heteroatoms. The Morgan fingerprint density at radius 1 is 1.17 bits per heavy atom. The number of Topliss-reactive ketones (excluding diaryl/α,β-unsaturated/α-hetero) is 1. The lowest BCUT2D eigenvalue weighted by atomic mass is 10.1. The molecule has 3 heterocycles. The van der Waals surface area contributed by atoms with Crippen molar-refractivity contribution in [2.75, 3.05) is 35.4 Å². The molecule has 1 aliphatic heterocycles. The van der Waals surface area contributed by atoms with Crippen LogP contribution in [0.1, 0.15) is 53.3 Å². The molecule has 1 amide bonds. The summed E-state index contributed by atoms with van der Waals surface area (Å²) in [5.74, 6) is -3.97. The largest absolute Gasteiger partial charge is 0.345 e. The molecular formula is C24H27F2N5O4S. The minimum atomic E-state index is -3.86. The molecule has 4 rings (SSSR count). The zero-order valence-corrected chi connectivity index (χ0v) is 20.6. The fourth-order valence-electron chi connectivity index (χ4n) is 4.23. The van der Waals surface area contributed by atoms with Crippen LogP contribution in [0.25, 0.3) is 11.0 Å². The van der Waals surface area contributed by atoms with Crippen LogP contribution in [0.3, 0.4) is 0 Å². The molecular weight excluding hydrogens is 492 g/mol. The lowest BCUT2D eigenvalue weighted by molar-refractivity contribution is 0.0917. The number of rotatable bonds is 9. The monoisotopic (exact) mass is 519 g/mol. The number of anilines is 2. The molecule has 0 saturated carbocycles. The molecule has 0 spiro atoms. The molecule has 1 aromatic carbocycles. The van der Waals surface area contributed by atoms with Crippen molar-refractivity contribution in [3.8, 4) is 0 Å². The summed E-state index contributed by atoms with van der Waals surface area (Å²) in [7, 11) is -3.86. The second-order valence-electron chi connectivity index (χ2n) is 8.74. The van der Waals surface area contributed by atoms with Crippen LogP contribution in [0.5, 0.6) is 0 Å².